The molecule has 1 aromatic carbocycles. The summed E-state index contributed by atoms with van der Waals surface area (Å²) in [4.78, 5) is 12.0. The largest absolute Gasteiger partial charge is 2.00 e. The standard InChI is InChI=1S/C14H12NO.C5H5.Fe/c16-14-9-13(10-5-1-2-6-10)15-12-8-4-3-7-11(12)14;1-2-4-5-3-1;/h1-8,13,15H,9H2;1-5H;/q;;+2. The SMILES string of the molecule is O=C1CC([C]2[CH][CH][CH][CH]2)Nc2ccccc21.[CH]1[CH][CH][CH][CH]1.[Fe+2]. The minimum atomic E-state index is 0. The van der Waals surface area contributed by atoms with E-state index in [-0.39, 0.29) is 28.9 Å². The van der Waals surface area contributed by atoms with Gasteiger partial charge < -0.3 is 5.32 Å². The number of nitrogens with one attached hydrogen (secondary N) is 1. The molecule has 1 heterocycles. The number of para-hydroxylation sites is 1. The van der Waals surface area contributed by atoms with Crippen molar-refractivity contribution in [2.75, 3.05) is 5.32 Å². The van der Waals surface area contributed by atoms with Crippen molar-refractivity contribution >= 4 is 11.5 Å². The van der Waals surface area contributed by atoms with Crippen molar-refractivity contribution in [3.8, 4) is 0 Å². The first-order valence-corrected chi connectivity index (χ1v) is 7.11. The monoisotopic (exact) mass is 331 g/mol. The fraction of sp³-hybridized carbons (Fsp3) is 0.105. The predicted octanol–water partition coefficient (Wildman–Crippen LogP) is 3.48. The molecule has 0 bridgehead atoms. The van der Waals surface area contributed by atoms with E-state index in [0.717, 1.165) is 11.3 Å². The summed E-state index contributed by atoms with van der Waals surface area (Å²) in [6.45, 7) is 0. The first-order valence-electron chi connectivity index (χ1n) is 7.11. The summed E-state index contributed by atoms with van der Waals surface area (Å²) < 4.78 is 0. The van der Waals surface area contributed by atoms with Crippen LogP contribution < -0.4 is 5.32 Å². The van der Waals surface area contributed by atoms with Gasteiger partial charge in [-0.2, -0.15) is 0 Å². The van der Waals surface area contributed by atoms with Crippen LogP contribution in [-0.4, -0.2) is 11.8 Å². The summed E-state index contributed by atoms with van der Waals surface area (Å²) in [6, 6.07) is 7.82. The van der Waals surface area contributed by atoms with Gasteiger partial charge in [0.15, 0.2) is 5.78 Å². The van der Waals surface area contributed by atoms with E-state index < -0.39 is 0 Å². The number of anilines is 1. The maximum Gasteiger partial charge on any atom is 2.00 e. The molecule has 1 atom stereocenters. The molecule has 110 valence electrons. The smallest absolute Gasteiger partial charge is 0.381 e. The molecule has 10 radical (unpaired) electrons. The van der Waals surface area contributed by atoms with Crippen molar-refractivity contribution in [2.45, 2.75) is 12.5 Å². The molecule has 1 aliphatic heterocycles. The molecular formula is C19H17FeNO+2. The van der Waals surface area contributed by atoms with Crippen molar-refractivity contribution in [2.24, 2.45) is 0 Å². The fourth-order valence-corrected chi connectivity index (χ4v) is 2.53. The molecule has 1 unspecified atom stereocenters. The second kappa shape index (κ2) is 8.74. The molecule has 4 rings (SSSR count). The van der Waals surface area contributed by atoms with Crippen molar-refractivity contribution in [3.05, 3.63) is 93.5 Å². The zero-order valence-corrected chi connectivity index (χ0v) is 13.2. The Morgan fingerprint density at radius 2 is 1.45 bits per heavy atom. The van der Waals surface area contributed by atoms with Gasteiger partial charge in [-0.25, -0.2) is 0 Å². The molecule has 3 heteroatoms. The Kier molecular flexibility index (Phi) is 6.98. The van der Waals surface area contributed by atoms with Crippen molar-refractivity contribution in [1.29, 1.82) is 0 Å². The van der Waals surface area contributed by atoms with Crippen LogP contribution in [0.4, 0.5) is 5.69 Å². The van der Waals surface area contributed by atoms with E-state index in [1.54, 1.807) is 0 Å². The fourth-order valence-electron chi connectivity index (χ4n) is 2.53. The summed E-state index contributed by atoms with van der Waals surface area (Å²) >= 11 is 0. The van der Waals surface area contributed by atoms with Crippen LogP contribution in [0.2, 0.25) is 0 Å². The molecule has 1 N–H and O–H groups in total. The van der Waals surface area contributed by atoms with Crippen LogP contribution in [0.15, 0.2) is 24.3 Å². The maximum atomic E-state index is 12.0. The van der Waals surface area contributed by atoms with Crippen LogP contribution in [0, 0.1) is 63.7 Å². The number of hydrogen-bond donors (Lipinski definition) is 1. The number of fused-ring (bicyclic) bond motifs is 1. The van der Waals surface area contributed by atoms with Crippen molar-refractivity contribution in [1.82, 2.24) is 0 Å². The van der Waals surface area contributed by atoms with E-state index in [1.807, 2.05) is 69.2 Å². The number of benzene rings is 1. The normalized spacial score (nSPS) is 23.8. The summed E-state index contributed by atoms with van der Waals surface area (Å²) in [7, 11) is 0. The van der Waals surface area contributed by atoms with Crippen LogP contribution in [0.5, 0.6) is 0 Å². The van der Waals surface area contributed by atoms with Gasteiger partial charge in [0.2, 0.25) is 0 Å². The zero-order chi connectivity index (χ0) is 14.5. The van der Waals surface area contributed by atoms with Gasteiger partial charge in [-0.1, -0.05) is 12.1 Å². The van der Waals surface area contributed by atoms with E-state index in [0.29, 0.717) is 6.42 Å². The average molecular weight is 331 g/mol. The molecule has 3 aliphatic rings. The average Bonchev–Trinajstić information content (AvgIpc) is 3.23. The molecule has 0 spiro atoms. The number of hydrogen-bond acceptors (Lipinski definition) is 2. The first-order chi connectivity index (χ1) is 10.3. The molecule has 2 aliphatic carbocycles. The maximum absolute atomic E-state index is 12.0. The van der Waals surface area contributed by atoms with Crippen LogP contribution in [-0.2, 0) is 17.1 Å². The molecule has 1 aromatic rings. The predicted molar refractivity (Wildman–Crippen MR) is 84.7 cm³/mol. The van der Waals surface area contributed by atoms with Gasteiger partial charge in [-0.05, 0) is 69.9 Å². The molecule has 0 amide bonds. The number of ketones is 1. The third-order valence-corrected chi connectivity index (χ3v) is 3.59. The van der Waals surface area contributed by atoms with Crippen molar-refractivity contribution in [3.63, 3.8) is 0 Å². The van der Waals surface area contributed by atoms with Gasteiger partial charge in [0.25, 0.3) is 0 Å². The number of rotatable bonds is 1. The van der Waals surface area contributed by atoms with Gasteiger partial charge >= 0.3 is 17.1 Å². The minimum absolute atomic E-state index is 0. The van der Waals surface area contributed by atoms with Crippen LogP contribution in [0.3, 0.4) is 0 Å². The molecule has 0 saturated heterocycles. The number of Topliss-reactive ketones (excluding diaryl/α,β-unsaturated/α-hetero) is 1. The molecule has 2 fully saturated rings. The molecule has 0 aromatic heterocycles. The Balaban J connectivity index is 0.000000253. The zero-order valence-electron chi connectivity index (χ0n) is 12.1. The summed E-state index contributed by atoms with van der Waals surface area (Å²) in [5.41, 5.74) is 1.76. The summed E-state index contributed by atoms with van der Waals surface area (Å²) in [5, 5.41) is 3.41. The van der Waals surface area contributed by atoms with Crippen molar-refractivity contribution < 1.29 is 21.9 Å². The summed E-state index contributed by atoms with van der Waals surface area (Å²) in [5.74, 6) is 1.41. The second-order valence-corrected chi connectivity index (χ2v) is 5.05. The van der Waals surface area contributed by atoms with E-state index in [1.165, 1.54) is 5.92 Å². The minimum Gasteiger partial charge on any atom is -0.381 e. The Morgan fingerprint density at radius 1 is 0.864 bits per heavy atom. The van der Waals surface area contributed by atoms with Crippen LogP contribution in [0.1, 0.15) is 16.8 Å². The van der Waals surface area contributed by atoms with Gasteiger partial charge in [0.1, 0.15) is 0 Å². The van der Waals surface area contributed by atoms with E-state index in [9.17, 15) is 4.79 Å². The van der Waals surface area contributed by atoms with Gasteiger partial charge in [0.05, 0.1) is 0 Å². The van der Waals surface area contributed by atoms with Crippen LogP contribution in [0.25, 0.3) is 0 Å². The van der Waals surface area contributed by atoms with Gasteiger partial charge in [-0.3, -0.25) is 4.79 Å². The Morgan fingerprint density at radius 3 is 2.09 bits per heavy atom. The topological polar surface area (TPSA) is 29.1 Å². The molecular weight excluding hydrogens is 314 g/mol. The summed E-state index contributed by atoms with van der Waals surface area (Å²) in [6.07, 6.45) is 18.7. The van der Waals surface area contributed by atoms with E-state index in [4.69, 9.17) is 0 Å². The number of carbonyl (C=O) groups excluding carboxylic acids is 1. The quantitative estimate of drug-likeness (QED) is 0.799. The Hall–Kier alpha value is -0.791. The number of carbonyl (C=O) groups is 1. The third kappa shape index (κ3) is 4.36. The molecule has 22 heavy (non-hydrogen) atoms. The first kappa shape index (κ1) is 17.6. The molecule has 2 saturated carbocycles. The third-order valence-electron chi connectivity index (χ3n) is 3.59. The van der Waals surface area contributed by atoms with Crippen LogP contribution >= 0.6 is 0 Å². The van der Waals surface area contributed by atoms with E-state index >= 15 is 0 Å². The Bertz CT molecular complexity index is 470. The second-order valence-electron chi connectivity index (χ2n) is 5.05. The Labute approximate surface area is 144 Å². The molecule has 2 nitrogen and oxygen atoms in total. The van der Waals surface area contributed by atoms with E-state index in [2.05, 4.69) is 18.2 Å². The van der Waals surface area contributed by atoms with Gasteiger partial charge in [-0.15, -0.1) is 0 Å². The van der Waals surface area contributed by atoms with Gasteiger partial charge in [0, 0.05) is 29.6 Å².